The van der Waals surface area contributed by atoms with Crippen molar-refractivity contribution in [3.05, 3.63) is 24.3 Å². The largest absolute Gasteiger partial charge is 0.369 e. The zero-order valence-electron chi connectivity index (χ0n) is 10.7. The molecule has 2 unspecified atom stereocenters. The summed E-state index contributed by atoms with van der Waals surface area (Å²) in [5, 5.41) is 0.792. The topological polar surface area (TPSA) is 43.8 Å². The molecule has 1 saturated carbocycles. The predicted molar refractivity (Wildman–Crippen MR) is 79.0 cm³/mol. The second kappa shape index (κ2) is 4.84. The van der Waals surface area contributed by atoms with Crippen molar-refractivity contribution in [3.63, 3.8) is 0 Å². The quantitative estimate of drug-likeness (QED) is 0.920. The maximum absolute atomic E-state index is 6.10. The van der Waals surface area contributed by atoms with Crippen LogP contribution in [0.25, 0.3) is 11.0 Å². The number of benzene rings is 1. The van der Waals surface area contributed by atoms with Crippen LogP contribution in [-0.4, -0.2) is 20.6 Å². The second-order valence-electron chi connectivity index (χ2n) is 4.87. The van der Waals surface area contributed by atoms with E-state index >= 15 is 0 Å². The highest BCUT2D eigenvalue weighted by molar-refractivity contribution is 7.99. The molecule has 2 aromatic rings. The first-order valence-corrected chi connectivity index (χ1v) is 7.68. The van der Waals surface area contributed by atoms with E-state index in [2.05, 4.69) is 40.4 Å². The summed E-state index contributed by atoms with van der Waals surface area (Å²) in [7, 11) is 0. The van der Waals surface area contributed by atoms with Crippen LogP contribution in [0.2, 0.25) is 0 Å². The molecule has 1 fully saturated rings. The number of imidazole rings is 1. The average Bonchev–Trinajstić information content (AvgIpc) is 2.92. The summed E-state index contributed by atoms with van der Waals surface area (Å²) in [4.78, 5) is 4.46. The number of nitrogen functional groups attached to an aromatic ring is 1. The average molecular weight is 261 g/mol. The van der Waals surface area contributed by atoms with E-state index in [-0.39, 0.29) is 0 Å². The first-order chi connectivity index (χ1) is 8.79. The van der Waals surface area contributed by atoms with Gasteiger partial charge in [0.15, 0.2) is 0 Å². The number of nitrogens with zero attached hydrogens (tertiary/aromatic N) is 2. The number of nitrogens with two attached hydrogens (primary N) is 1. The molecule has 0 spiro atoms. The molecule has 3 nitrogen and oxygen atoms in total. The molecule has 1 aromatic carbocycles. The number of aromatic nitrogens is 2. The number of hydrogen-bond donors (Lipinski definition) is 1. The predicted octanol–water partition coefficient (Wildman–Crippen LogP) is 3.47. The molecule has 0 bridgehead atoms. The van der Waals surface area contributed by atoms with Crippen LogP contribution in [-0.2, 0) is 0 Å². The summed E-state index contributed by atoms with van der Waals surface area (Å²) >= 11 is 2.08. The van der Waals surface area contributed by atoms with E-state index in [0.717, 1.165) is 10.8 Å². The fourth-order valence-corrected chi connectivity index (χ4v) is 4.12. The SMILES string of the molecule is CCSC1CCC(n2c(N)nc3ccccc32)C1. The summed E-state index contributed by atoms with van der Waals surface area (Å²) in [6.45, 7) is 2.24. The Labute approximate surface area is 112 Å². The molecule has 4 heteroatoms. The van der Waals surface area contributed by atoms with Crippen LogP contribution < -0.4 is 5.73 Å². The van der Waals surface area contributed by atoms with Gasteiger partial charge in [-0.05, 0) is 37.1 Å². The van der Waals surface area contributed by atoms with Crippen LogP contribution >= 0.6 is 11.8 Å². The molecule has 1 heterocycles. The summed E-state index contributed by atoms with van der Waals surface area (Å²) in [5.41, 5.74) is 8.30. The molecule has 3 rings (SSSR count). The third-order valence-electron chi connectivity index (χ3n) is 3.75. The van der Waals surface area contributed by atoms with E-state index in [0.29, 0.717) is 12.0 Å². The zero-order valence-corrected chi connectivity index (χ0v) is 11.5. The molecule has 1 aromatic heterocycles. The number of para-hydroxylation sites is 2. The van der Waals surface area contributed by atoms with Gasteiger partial charge < -0.3 is 10.3 Å². The minimum absolute atomic E-state index is 0.529. The summed E-state index contributed by atoms with van der Waals surface area (Å²) in [6.07, 6.45) is 3.75. The van der Waals surface area contributed by atoms with Crippen molar-refractivity contribution in [2.45, 2.75) is 37.5 Å². The molecular formula is C14H19N3S. The van der Waals surface area contributed by atoms with E-state index in [1.807, 2.05) is 12.1 Å². The summed E-state index contributed by atoms with van der Waals surface area (Å²) in [5.74, 6) is 1.88. The zero-order chi connectivity index (χ0) is 12.5. The van der Waals surface area contributed by atoms with Crippen LogP contribution in [0.5, 0.6) is 0 Å². The van der Waals surface area contributed by atoms with Gasteiger partial charge in [-0.1, -0.05) is 19.1 Å². The van der Waals surface area contributed by atoms with Crippen LogP contribution in [0.3, 0.4) is 0 Å². The van der Waals surface area contributed by atoms with Crippen molar-refractivity contribution in [3.8, 4) is 0 Å². The number of fused-ring (bicyclic) bond motifs is 1. The molecule has 0 aliphatic heterocycles. The lowest BCUT2D eigenvalue weighted by molar-refractivity contribution is 0.540. The molecule has 1 aliphatic rings. The van der Waals surface area contributed by atoms with Gasteiger partial charge in [0.05, 0.1) is 11.0 Å². The molecule has 1 aliphatic carbocycles. The van der Waals surface area contributed by atoms with Gasteiger partial charge in [0.25, 0.3) is 0 Å². The Morgan fingerprint density at radius 3 is 3.06 bits per heavy atom. The Morgan fingerprint density at radius 2 is 2.22 bits per heavy atom. The fraction of sp³-hybridized carbons (Fsp3) is 0.500. The molecular weight excluding hydrogens is 242 g/mol. The normalized spacial score (nSPS) is 23.8. The van der Waals surface area contributed by atoms with Gasteiger partial charge in [0.1, 0.15) is 0 Å². The standard InChI is InChI=1S/C14H19N3S/c1-2-18-11-8-7-10(9-11)17-13-6-4-3-5-12(13)16-14(17)15/h3-6,10-11H,2,7-9H2,1H3,(H2,15,16). The van der Waals surface area contributed by atoms with Crippen LogP contribution in [0.1, 0.15) is 32.2 Å². The highest BCUT2D eigenvalue weighted by Gasteiger charge is 2.28. The maximum Gasteiger partial charge on any atom is 0.201 e. The summed E-state index contributed by atoms with van der Waals surface area (Å²) < 4.78 is 2.24. The Kier molecular flexibility index (Phi) is 3.20. The monoisotopic (exact) mass is 261 g/mol. The van der Waals surface area contributed by atoms with Crippen molar-refractivity contribution in [2.24, 2.45) is 0 Å². The lowest BCUT2D eigenvalue weighted by Crippen LogP contribution is -2.09. The summed E-state index contributed by atoms with van der Waals surface area (Å²) in [6, 6.07) is 8.77. The van der Waals surface area contributed by atoms with Gasteiger partial charge in [0.2, 0.25) is 5.95 Å². The molecule has 2 N–H and O–H groups in total. The Balaban J connectivity index is 1.93. The number of hydrogen-bond acceptors (Lipinski definition) is 3. The van der Waals surface area contributed by atoms with Gasteiger partial charge in [-0.25, -0.2) is 4.98 Å². The Morgan fingerprint density at radius 1 is 1.39 bits per heavy atom. The minimum Gasteiger partial charge on any atom is -0.369 e. The first-order valence-electron chi connectivity index (χ1n) is 6.63. The van der Waals surface area contributed by atoms with Crippen LogP contribution in [0.15, 0.2) is 24.3 Å². The number of rotatable bonds is 3. The van der Waals surface area contributed by atoms with E-state index in [4.69, 9.17) is 5.73 Å². The van der Waals surface area contributed by atoms with Crippen molar-refractivity contribution >= 4 is 28.7 Å². The van der Waals surface area contributed by atoms with Crippen LogP contribution in [0, 0.1) is 0 Å². The van der Waals surface area contributed by atoms with Gasteiger partial charge in [-0.15, -0.1) is 0 Å². The van der Waals surface area contributed by atoms with E-state index in [1.165, 1.54) is 30.5 Å². The van der Waals surface area contributed by atoms with Gasteiger partial charge >= 0.3 is 0 Å². The van der Waals surface area contributed by atoms with Crippen molar-refractivity contribution in [2.75, 3.05) is 11.5 Å². The molecule has 0 radical (unpaired) electrons. The first kappa shape index (κ1) is 11.9. The molecule has 0 amide bonds. The third-order valence-corrected chi connectivity index (χ3v) is 4.98. The highest BCUT2D eigenvalue weighted by Crippen LogP contribution is 2.39. The van der Waals surface area contributed by atoms with Crippen molar-refractivity contribution in [1.82, 2.24) is 9.55 Å². The third kappa shape index (κ3) is 1.99. The number of anilines is 1. The molecule has 0 saturated heterocycles. The van der Waals surface area contributed by atoms with Gasteiger partial charge in [-0.3, -0.25) is 0 Å². The second-order valence-corrected chi connectivity index (χ2v) is 6.45. The number of thioether (sulfide) groups is 1. The van der Waals surface area contributed by atoms with Gasteiger partial charge in [0, 0.05) is 11.3 Å². The van der Waals surface area contributed by atoms with E-state index < -0.39 is 0 Å². The molecule has 2 atom stereocenters. The lowest BCUT2D eigenvalue weighted by Gasteiger charge is -2.15. The Bertz CT molecular complexity index is 549. The fourth-order valence-electron chi connectivity index (χ4n) is 2.99. The minimum atomic E-state index is 0.529. The molecule has 96 valence electrons. The Hall–Kier alpha value is -1.16. The molecule has 18 heavy (non-hydrogen) atoms. The van der Waals surface area contributed by atoms with Gasteiger partial charge in [-0.2, -0.15) is 11.8 Å². The van der Waals surface area contributed by atoms with Crippen LogP contribution in [0.4, 0.5) is 5.95 Å². The van der Waals surface area contributed by atoms with Crippen molar-refractivity contribution < 1.29 is 0 Å². The van der Waals surface area contributed by atoms with E-state index in [1.54, 1.807) is 0 Å². The van der Waals surface area contributed by atoms with E-state index in [9.17, 15) is 0 Å². The maximum atomic E-state index is 6.10. The lowest BCUT2D eigenvalue weighted by atomic mass is 10.2. The highest BCUT2D eigenvalue weighted by atomic mass is 32.2. The smallest absolute Gasteiger partial charge is 0.201 e. The van der Waals surface area contributed by atoms with Crippen molar-refractivity contribution in [1.29, 1.82) is 0 Å².